The summed E-state index contributed by atoms with van der Waals surface area (Å²) >= 11 is 0.411. The number of amides is 2. The van der Waals surface area contributed by atoms with E-state index in [1.807, 2.05) is 27.7 Å². The summed E-state index contributed by atoms with van der Waals surface area (Å²) < 4.78 is 11.1. The number of carbonyl (C=O) groups is 2. The Balaban J connectivity index is 5.37. The maximum atomic E-state index is 12.7. The highest BCUT2D eigenvalue weighted by molar-refractivity contribution is 7.66. The highest BCUT2D eigenvalue weighted by Gasteiger charge is 2.42. The van der Waals surface area contributed by atoms with Crippen LogP contribution in [0.5, 0.6) is 0 Å². The smallest absolute Gasteiger partial charge is 0.344 e. The van der Waals surface area contributed by atoms with Crippen LogP contribution in [-0.4, -0.2) is 35.2 Å². The lowest BCUT2D eigenvalue weighted by Gasteiger charge is -2.37. The number of hydrogen-bond acceptors (Lipinski definition) is 3. The van der Waals surface area contributed by atoms with Gasteiger partial charge >= 0.3 is 17.0 Å². The van der Waals surface area contributed by atoms with E-state index in [1.165, 1.54) is 11.8 Å². The molecule has 0 aliphatic heterocycles. The third-order valence-corrected chi connectivity index (χ3v) is 5.02. The van der Waals surface area contributed by atoms with E-state index in [4.69, 9.17) is 0 Å². The van der Waals surface area contributed by atoms with Crippen LogP contribution in [0, 0.1) is 5.41 Å². The summed E-state index contributed by atoms with van der Waals surface area (Å²) in [6.45, 7) is 9.28. The molecule has 0 aliphatic rings. The lowest BCUT2D eigenvalue weighted by molar-refractivity contribution is -0.139. The van der Waals surface area contributed by atoms with Crippen LogP contribution in [0.4, 0.5) is 0 Å². The molecule has 0 saturated heterocycles. The third kappa shape index (κ3) is 4.51. The first-order valence-electron chi connectivity index (χ1n) is 7.09. The summed E-state index contributed by atoms with van der Waals surface area (Å²) in [5.74, 6) is -0.422. The van der Waals surface area contributed by atoms with Gasteiger partial charge in [0.25, 0.3) is 0 Å². The molecule has 0 aromatic heterocycles. The molecule has 2 unspecified atom stereocenters. The minimum absolute atomic E-state index is 0.193. The van der Waals surface area contributed by atoms with E-state index >= 15 is 0 Å². The molecule has 2 atom stereocenters. The van der Waals surface area contributed by atoms with Crippen molar-refractivity contribution in [1.29, 1.82) is 0 Å². The summed E-state index contributed by atoms with van der Waals surface area (Å²) in [5.41, 5.74) is -0.317. The molecule has 0 bridgehead atoms. The maximum absolute atomic E-state index is 12.7. The van der Waals surface area contributed by atoms with Gasteiger partial charge in [-0.1, -0.05) is 27.7 Å². The number of rotatable bonds is 8. The molecular weight excluding hydrogens is 276 g/mol. The Bertz CT molecular complexity index is 356. The van der Waals surface area contributed by atoms with E-state index < -0.39 is 11.4 Å². The first-order valence-corrected chi connectivity index (χ1v) is 7.90. The molecule has 20 heavy (non-hydrogen) atoms. The van der Waals surface area contributed by atoms with Gasteiger partial charge in [-0.25, -0.2) is 0 Å². The van der Waals surface area contributed by atoms with Gasteiger partial charge in [0.1, 0.15) is 6.04 Å². The molecule has 0 spiro atoms. The monoisotopic (exact) mass is 303 g/mol. The highest BCUT2D eigenvalue weighted by Crippen LogP contribution is 2.31. The van der Waals surface area contributed by atoms with Crippen molar-refractivity contribution in [3.05, 3.63) is 0 Å². The van der Waals surface area contributed by atoms with Crippen molar-refractivity contribution in [3.63, 3.8) is 0 Å². The molecule has 0 saturated carbocycles. The fraction of sp³-hybridized carbons (Fsp3) is 0.857. The first kappa shape index (κ1) is 19.0. The van der Waals surface area contributed by atoms with Gasteiger partial charge < -0.3 is 5.32 Å². The summed E-state index contributed by atoms with van der Waals surface area (Å²) in [6, 6.07) is -0.596. The number of nitrogens with one attached hydrogen (secondary N) is 1. The van der Waals surface area contributed by atoms with Gasteiger partial charge in [-0.15, -0.1) is 0 Å². The van der Waals surface area contributed by atoms with Gasteiger partial charge in [-0.3, -0.25) is 14.5 Å². The van der Waals surface area contributed by atoms with E-state index in [0.717, 1.165) is 12.8 Å². The summed E-state index contributed by atoms with van der Waals surface area (Å²) in [6.07, 6.45) is 2.13. The lowest BCUT2D eigenvalue weighted by Crippen LogP contribution is -2.56. The van der Waals surface area contributed by atoms with E-state index in [-0.39, 0.29) is 17.2 Å². The van der Waals surface area contributed by atoms with Gasteiger partial charge in [-0.05, 0) is 18.3 Å². The zero-order valence-corrected chi connectivity index (χ0v) is 14.2. The topological polar surface area (TPSA) is 66.5 Å². The largest absolute Gasteiger partial charge is 0.485 e. The zero-order valence-electron chi connectivity index (χ0n) is 13.4. The average Bonchev–Trinajstić information content (AvgIpc) is 2.44. The standard InChI is InChI=1S/C14H26N2O3S/c1-7-11(20-19)16(6)13(18)12(15-10(4)17)14(5,8-2)9-3/h11-12H,7-9H2,1-6H3/p+1. The molecule has 116 valence electrons. The quantitative estimate of drug-likeness (QED) is 0.550. The van der Waals surface area contributed by atoms with Crippen LogP contribution in [0.3, 0.4) is 0 Å². The Morgan fingerprint density at radius 2 is 1.75 bits per heavy atom. The number of likely N-dealkylation sites (N-methyl/N-ethyl adjacent to an activating group) is 1. The maximum Gasteiger partial charge on any atom is 0.485 e. The predicted molar refractivity (Wildman–Crippen MR) is 81.2 cm³/mol. The number of hydrogen-bond donors (Lipinski definition) is 1. The van der Waals surface area contributed by atoms with Crippen LogP contribution in [0.25, 0.3) is 0 Å². The second-order valence-electron chi connectivity index (χ2n) is 5.40. The molecule has 6 heteroatoms. The second-order valence-corrected chi connectivity index (χ2v) is 6.14. The van der Waals surface area contributed by atoms with Gasteiger partial charge in [-0.2, -0.15) is 0 Å². The van der Waals surface area contributed by atoms with E-state index in [0.29, 0.717) is 18.1 Å². The summed E-state index contributed by atoms with van der Waals surface area (Å²) in [7, 11) is 1.63. The van der Waals surface area contributed by atoms with Crippen LogP contribution in [-0.2, 0) is 25.5 Å². The first-order chi connectivity index (χ1) is 9.27. The van der Waals surface area contributed by atoms with Crippen LogP contribution in [0.1, 0.15) is 53.9 Å². The number of nitrogens with zero attached hydrogens (tertiary/aromatic N) is 1. The summed E-state index contributed by atoms with van der Waals surface area (Å²) in [5, 5.41) is 2.36. The normalized spacial score (nSPS) is 14.3. The zero-order chi connectivity index (χ0) is 15.9. The molecule has 0 heterocycles. The van der Waals surface area contributed by atoms with Gasteiger partial charge in [0.2, 0.25) is 11.8 Å². The van der Waals surface area contributed by atoms with Gasteiger partial charge in [0, 0.05) is 24.6 Å². The van der Waals surface area contributed by atoms with Gasteiger partial charge in [0.15, 0.2) is 0 Å². The summed E-state index contributed by atoms with van der Waals surface area (Å²) in [4.78, 5) is 25.5. The molecule has 0 fully saturated rings. The van der Waals surface area contributed by atoms with Crippen molar-refractivity contribution in [1.82, 2.24) is 10.2 Å². The Labute approximate surface area is 126 Å². The van der Waals surface area contributed by atoms with Crippen molar-refractivity contribution in [2.45, 2.75) is 65.3 Å². The molecule has 5 nitrogen and oxygen atoms in total. The SMILES string of the molecule is CCC([S+]=O)N(C)C(=O)C(NC(C)=O)C(C)(CC)CC. The minimum atomic E-state index is -0.596. The van der Waals surface area contributed by atoms with E-state index in [2.05, 4.69) is 5.32 Å². The molecule has 0 aromatic rings. The van der Waals surface area contributed by atoms with Crippen LogP contribution >= 0.6 is 0 Å². The van der Waals surface area contributed by atoms with Crippen molar-refractivity contribution in [2.75, 3.05) is 7.05 Å². The number of carbonyl (C=O) groups excluding carboxylic acids is 2. The predicted octanol–water partition coefficient (Wildman–Crippen LogP) is 1.94. The second kappa shape index (κ2) is 8.29. The Hall–Kier alpha value is -1.04. The Morgan fingerprint density at radius 3 is 2.05 bits per heavy atom. The van der Waals surface area contributed by atoms with Crippen molar-refractivity contribution in [3.8, 4) is 0 Å². The van der Waals surface area contributed by atoms with Gasteiger partial charge in [0.05, 0.1) is 0 Å². The molecule has 0 aromatic carbocycles. The minimum Gasteiger partial charge on any atom is -0.344 e. The lowest BCUT2D eigenvalue weighted by atomic mass is 9.76. The fourth-order valence-electron chi connectivity index (χ4n) is 2.15. The molecule has 0 radical (unpaired) electrons. The Kier molecular flexibility index (Phi) is 7.86. The molecule has 0 rings (SSSR count). The average molecular weight is 303 g/mol. The Morgan fingerprint density at radius 1 is 1.25 bits per heavy atom. The van der Waals surface area contributed by atoms with Crippen LogP contribution in [0.2, 0.25) is 0 Å². The highest BCUT2D eigenvalue weighted by atomic mass is 32.1. The molecule has 1 N–H and O–H groups in total. The molecule has 2 amide bonds. The van der Waals surface area contributed by atoms with Crippen LogP contribution < -0.4 is 5.32 Å². The van der Waals surface area contributed by atoms with Crippen molar-refractivity contribution < 1.29 is 13.8 Å². The van der Waals surface area contributed by atoms with Crippen molar-refractivity contribution in [2.24, 2.45) is 5.41 Å². The fourth-order valence-corrected chi connectivity index (χ4v) is 2.52. The van der Waals surface area contributed by atoms with Crippen molar-refractivity contribution >= 4 is 23.5 Å². The van der Waals surface area contributed by atoms with E-state index in [1.54, 1.807) is 7.05 Å². The molecule has 0 aliphatic carbocycles. The van der Waals surface area contributed by atoms with E-state index in [9.17, 15) is 13.8 Å². The third-order valence-electron chi connectivity index (χ3n) is 4.15. The molecular formula is C14H27N2O3S+. The van der Waals surface area contributed by atoms with Crippen LogP contribution in [0.15, 0.2) is 0 Å².